The van der Waals surface area contributed by atoms with E-state index in [4.69, 9.17) is 0 Å². The quantitative estimate of drug-likeness (QED) is 0.477. The molecule has 0 radical (unpaired) electrons. The maximum atomic E-state index is 10.1. The van der Waals surface area contributed by atoms with E-state index in [1.54, 1.807) is 11.8 Å². The Balaban J connectivity index is 2.06. The Kier molecular flexibility index (Phi) is 8.77. The molecular formula is C25H36O3S. The molecule has 1 unspecified atom stereocenters. The SMILES string of the molecule is Cc1cc(C(C)(C)CCc2ccc(CO)c(CO)c2)ccc1SCC(O)C(C)C. The van der Waals surface area contributed by atoms with Gasteiger partial charge in [-0.3, -0.25) is 0 Å². The van der Waals surface area contributed by atoms with Gasteiger partial charge >= 0.3 is 0 Å². The fourth-order valence-corrected chi connectivity index (χ4v) is 4.52. The predicted octanol–water partition coefficient (Wildman–Crippen LogP) is 5.00. The average molecular weight is 417 g/mol. The van der Waals surface area contributed by atoms with Gasteiger partial charge in [0.2, 0.25) is 0 Å². The first-order chi connectivity index (χ1) is 13.7. The zero-order valence-electron chi connectivity index (χ0n) is 18.4. The van der Waals surface area contributed by atoms with E-state index in [2.05, 4.69) is 39.0 Å². The fraction of sp³-hybridized carbons (Fsp3) is 0.520. The van der Waals surface area contributed by atoms with Crippen LogP contribution in [0.2, 0.25) is 0 Å². The predicted molar refractivity (Wildman–Crippen MR) is 122 cm³/mol. The number of aliphatic hydroxyl groups excluding tert-OH is 3. The molecule has 2 aromatic rings. The molecule has 0 aromatic heterocycles. The number of aliphatic hydroxyl groups is 3. The van der Waals surface area contributed by atoms with Gasteiger partial charge in [0.1, 0.15) is 0 Å². The summed E-state index contributed by atoms with van der Waals surface area (Å²) in [6, 6.07) is 12.6. The lowest BCUT2D eigenvalue weighted by Crippen LogP contribution is -2.19. The summed E-state index contributed by atoms with van der Waals surface area (Å²) in [7, 11) is 0. The number of hydrogen-bond donors (Lipinski definition) is 3. The number of rotatable bonds is 10. The van der Waals surface area contributed by atoms with Crippen LogP contribution in [-0.4, -0.2) is 27.2 Å². The Hall–Kier alpha value is -1.33. The van der Waals surface area contributed by atoms with Crippen molar-refractivity contribution in [3.05, 3.63) is 64.2 Å². The topological polar surface area (TPSA) is 60.7 Å². The van der Waals surface area contributed by atoms with Crippen LogP contribution in [0.25, 0.3) is 0 Å². The summed E-state index contributed by atoms with van der Waals surface area (Å²) >= 11 is 1.73. The van der Waals surface area contributed by atoms with E-state index in [1.165, 1.54) is 21.6 Å². The van der Waals surface area contributed by atoms with E-state index in [0.29, 0.717) is 0 Å². The van der Waals surface area contributed by atoms with Crippen molar-refractivity contribution in [3.63, 3.8) is 0 Å². The van der Waals surface area contributed by atoms with Crippen molar-refractivity contribution in [1.82, 2.24) is 0 Å². The molecule has 0 bridgehead atoms. The second kappa shape index (κ2) is 10.6. The molecule has 0 aliphatic carbocycles. The number of hydrogen-bond acceptors (Lipinski definition) is 4. The van der Waals surface area contributed by atoms with E-state index in [9.17, 15) is 15.3 Å². The molecular weight excluding hydrogens is 380 g/mol. The van der Waals surface area contributed by atoms with Crippen LogP contribution in [-0.2, 0) is 25.0 Å². The number of thioether (sulfide) groups is 1. The summed E-state index contributed by atoms with van der Waals surface area (Å²) in [6.07, 6.45) is 1.63. The van der Waals surface area contributed by atoms with Crippen molar-refractivity contribution in [2.24, 2.45) is 5.92 Å². The summed E-state index contributed by atoms with van der Waals surface area (Å²) in [6.45, 7) is 10.7. The maximum Gasteiger partial charge on any atom is 0.0685 e. The highest BCUT2D eigenvalue weighted by Crippen LogP contribution is 2.33. The van der Waals surface area contributed by atoms with Gasteiger partial charge in [0.05, 0.1) is 19.3 Å². The highest BCUT2D eigenvalue weighted by molar-refractivity contribution is 7.99. The zero-order chi connectivity index (χ0) is 21.6. The highest BCUT2D eigenvalue weighted by Gasteiger charge is 2.21. The molecule has 29 heavy (non-hydrogen) atoms. The summed E-state index contributed by atoms with van der Waals surface area (Å²) in [5.41, 5.74) is 5.39. The first-order valence-corrected chi connectivity index (χ1v) is 11.4. The third-order valence-electron chi connectivity index (χ3n) is 5.79. The average Bonchev–Trinajstić information content (AvgIpc) is 2.70. The minimum absolute atomic E-state index is 0.0282. The Morgan fingerprint density at radius 1 is 0.966 bits per heavy atom. The first kappa shape index (κ1) is 23.9. The normalized spacial score (nSPS) is 13.1. The van der Waals surface area contributed by atoms with Gasteiger partial charge in [0.25, 0.3) is 0 Å². The summed E-state index contributed by atoms with van der Waals surface area (Å²) < 4.78 is 0. The zero-order valence-corrected chi connectivity index (χ0v) is 19.2. The standard InChI is InChI=1S/C25H36O3S/c1-17(2)23(28)16-29-24-9-8-22(12-18(24)3)25(4,5)11-10-19-6-7-20(14-26)21(13-19)15-27/h6-9,12-13,17,23,26-28H,10-11,14-16H2,1-5H3. The Morgan fingerprint density at radius 2 is 1.66 bits per heavy atom. The van der Waals surface area contributed by atoms with Crippen LogP contribution in [0.1, 0.15) is 61.9 Å². The van der Waals surface area contributed by atoms with E-state index in [1.807, 2.05) is 32.0 Å². The highest BCUT2D eigenvalue weighted by atomic mass is 32.2. The summed E-state index contributed by atoms with van der Waals surface area (Å²) in [4.78, 5) is 1.23. The molecule has 0 saturated heterocycles. The molecule has 2 rings (SSSR count). The molecule has 1 atom stereocenters. The lowest BCUT2D eigenvalue weighted by molar-refractivity contribution is 0.149. The molecule has 3 N–H and O–H groups in total. The molecule has 0 aliphatic rings. The smallest absolute Gasteiger partial charge is 0.0685 e. The Morgan fingerprint density at radius 3 is 2.24 bits per heavy atom. The van der Waals surface area contributed by atoms with E-state index >= 15 is 0 Å². The second-order valence-corrected chi connectivity index (χ2v) is 9.97. The van der Waals surface area contributed by atoms with Crippen LogP contribution in [0.4, 0.5) is 0 Å². The van der Waals surface area contributed by atoms with Crippen LogP contribution < -0.4 is 0 Å². The van der Waals surface area contributed by atoms with Crippen molar-refractivity contribution in [3.8, 4) is 0 Å². The van der Waals surface area contributed by atoms with Gasteiger partial charge in [-0.15, -0.1) is 11.8 Å². The maximum absolute atomic E-state index is 10.1. The van der Waals surface area contributed by atoms with Crippen molar-refractivity contribution in [1.29, 1.82) is 0 Å². The van der Waals surface area contributed by atoms with E-state index < -0.39 is 0 Å². The lowest BCUT2D eigenvalue weighted by Gasteiger charge is -2.27. The van der Waals surface area contributed by atoms with Gasteiger partial charge in [-0.05, 0) is 65.0 Å². The minimum atomic E-state index is -0.281. The van der Waals surface area contributed by atoms with Crippen LogP contribution in [0, 0.1) is 12.8 Å². The minimum Gasteiger partial charge on any atom is -0.392 e. The van der Waals surface area contributed by atoms with E-state index in [0.717, 1.165) is 29.7 Å². The van der Waals surface area contributed by atoms with E-state index in [-0.39, 0.29) is 30.7 Å². The van der Waals surface area contributed by atoms with Crippen LogP contribution in [0.3, 0.4) is 0 Å². The molecule has 0 aliphatic heterocycles. The largest absolute Gasteiger partial charge is 0.392 e. The number of benzene rings is 2. The fourth-order valence-electron chi connectivity index (χ4n) is 3.34. The number of aryl methyl sites for hydroxylation is 2. The monoisotopic (exact) mass is 416 g/mol. The van der Waals surface area contributed by atoms with Crippen molar-refractivity contribution >= 4 is 11.8 Å². The van der Waals surface area contributed by atoms with Gasteiger partial charge in [-0.1, -0.05) is 58.0 Å². The van der Waals surface area contributed by atoms with Gasteiger partial charge in [-0.2, -0.15) is 0 Å². The lowest BCUT2D eigenvalue weighted by atomic mass is 9.79. The Labute approximate surface area is 180 Å². The molecule has 160 valence electrons. The molecule has 0 heterocycles. The van der Waals surface area contributed by atoms with Crippen molar-refractivity contribution in [2.75, 3.05) is 5.75 Å². The van der Waals surface area contributed by atoms with Gasteiger partial charge in [0, 0.05) is 10.6 Å². The summed E-state index contributed by atoms with van der Waals surface area (Å²) in [5.74, 6) is 0.997. The van der Waals surface area contributed by atoms with Crippen LogP contribution in [0.5, 0.6) is 0 Å². The van der Waals surface area contributed by atoms with Gasteiger partial charge in [0.15, 0.2) is 0 Å². The molecule has 0 saturated carbocycles. The second-order valence-electron chi connectivity index (χ2n) is 8.91. The molecule has 0 amide bonds. The van der Waals surface area contributed by atoms with Gasteiger partial charge < -0.3 is 15.3 Å². The third kappa shape index (κ3) is 6.58. The Bertz CT molecular complexity index is 799. The van der Waals surface area contributed by atoms with Crippen LogP contribution in [0.15, 0.2) is 41.3 Å². The molecule has 2 aromatic carbocycles. The van der Waals surface area contributed by atoms with Gasteiger partial charge in [-0.25, -0.2) is 0 Å². The molecule has 0 fully saturated rings. The van der Waals surface area contributed by atoms with Crippen molar-refractivity contribution < 1.29 is 15.3 Å². The third-order valence-corrected chi connectivity index (χ3v) is 7.06. The molecule has 3 nitrogen and oxygen atoms in total. The van der Waals surface area contributed by atoms with Crippen LogP contribution >= 0.6 is 11.8 Å². The first-order valence-electron chi connectivity index (χ1n) is 10.4. The molecule has 4 heteroatoms. The van der Waals surface area contributed by atoms with Crippen molar-refractivity contribution in [2.45, 2.75) is 77.1 Å². The molecule has 0 spiro atoms. The summed E-state index contributed by atoms with van der Waals surface area (Å²) in [5, 5.41) is 28.9.